The second-order valence-corrected chi connectivity index (χ2v) is 8.85. The van der Waals surface area contributed by atoms with E-state index in [9.17, 15) is 19.5 Å². The van der Waals surface area contributed by atoms with Gasteiger partial charge in [-0.3, -0.25) is 4.79 Å². The number of aliphatic carboxylic acids is 1. The van der Waals surface area contributed by atoms with Crippen LogP contribution in [0.15, 0.2) is 48.5 Å². The quantitative estimate of drug-likeness (QED) is 0.539. The summed E-state index contributed by atoms with van der Waals surface area (Å²) < 4.78 is 5.54. The maximum absolute atomic E-state index is 12.7. The van der Waals surface area contributed by atoms with Crippen molar-refractivity contribution in [1.82, 2.24) is 15.5 Å². The lowest BCUT2D eigenvalue weighted by molar-refractivity contribution is -0.143. The summed E-state index contributed by atoms with van der Waals surface area (Å²) in [5.74, 6) is -2.09. The van der Waals surface area contributed by atoms with Gasteiger partial charge in [0.2, 0.25) is 5.91 Å². The molecule has 8 nitrogen and oxygen atoms in total. The largest absolute Gasteiger partial charge is 0.480 e. The third-order valence-corrected chi connectivity index (χ3v) is 5.73. The molecule has 0 aliphatic heterocycles. The molecule has 2 atom stereocenters. The second-order valence-electron chi connectivity index (χ2n) is 8.85. The van der Waals surface area contributed by atoms with Crippen LogP contribution in [-0.2, 0) is 14.3 Å². The van der Waals surface area contributed by atoms with Gasteiger partial charge in [-0.05, 0) is 42.3 Å². The number of alkyl carbamates (subject to hydrolysis) is 1. The van der Waals surface area contributed by atoms with Gasteiger partial charge in [0.25, 0.3) is 0 Å². The van der Waals surface area contributed by atoms with Gasteiger partial charge in [0, 0.05) is 12.5 Å². The fourth-order valence-electron chi connectivity index (χ4n) is 4.11. The molecule has 0 aromatic heterocycles. The molecule has 0 fully saturated rings. The first-order valence-corrected chi connectivity index (χ1v) is 11.0. The number of nitrogens with zero attached hydrogens (tertiary/aromatic N) is 1. The molecule has 8 heteroatoms. The molecular weight excluding hydrogens is 422 g/mol. The molecule has 2 amide bonds. The summed E-state index contributed by atoms with van der Waals surface area (Å²) in [4.78, 5) is 38.6. The van der Waals surface area contributed by atoms with Crippen molar-refractivity contribution in [3.8, 4) is 11.1 Å². The molecule has 0 spiro atoms. The molecule has 0 heterocycles. The maximum atomic E-state index is 12.7. The monoisotopic (exact) mass is 453 g/mol. The van der Waals surface area contributed by atoms with Crippen LogP contribution in [0.25, 0.3) is 11.1 Å². The lowest BCUT2D eigenvalue weighted by Gasteiger charge is -2.25. The minimum absolute atomic E-state index is 0.0957. The first kappa shape index (κ1) is 24.3. The van der Waals surface area contributed by atoms with Crippen LogP contribution in [0, 0.1) is 5.92 Å². The Morgan fingerprint density at radius 3 is 2.00 bits per heavy atom. The number of nitrogens with one attached hydrogen (secondary N) is 2. The molecule has 176 valence electrons. The third-order valence-electron chi connectivity index (χ3n) is 5.73. The second kappa shape index (κ2) is 10.5. The fourth-order valence-corrected chi connectivity index (χ4v) is 4.11. The summed E-state index contributed by atoms with van der Waals surface area (Å²) in [7, 11) is 3.52. The van der Waals surface area contributed by atoms with E-state index in [1.165, 1.54) is 0 Å². The fraction of sp³-hybridized carbons (Fsp3) is 0.400. The summed E-state index contributed by atoms with van der Waals surface area (Å²) >= 11 is 0. The molecule has 3 rings (SSSR count). The van der Waals surface area contributed by atoms with E-state index in [0.717, 1.165) is 22.3 Å². The highest BCUT2D eigenvalue weighted by molar-refractivity contribution is 5.89. The average molecular weight is 454 g/mol. The van der Waals surface area contributed by atoms with Crippen molar-refractivity contribution in [3.63, 3.8) is 0 Å². The first-order chi connectivity index (χ1) is 15.7. The Morgan fingerprint density at radius 1 is 0.970 bits per heavy atom. The van der Waals surface area contributed by atoms with E-state index in [4.69, 9.17) is 4.74 Å². The topological polar surface area (TPSA) is 108 Å². The summed E-state index contributed by atoms with van der Waals surface area (Å²) in [5, 5.41) is 14.5. The number of fused-ring (bicyclic) bond motifs is 3. The van der Waals surface area contributed by atoms with Crippen molar-refractivity contribution >= 4 is 18.0 Å². The van der Waals surface area contributed by atoms with Crippen molar-refractivity contribution in [2.45, 2.75) is 31.8 Å². The van der Waals surface area contributed by atoms with Crippen molar-refractivity contribution in [2.24, 2.45) is 5.92 Å². The summed E-state index contributed by atoms with van der Waals surface area (Å²) in [5.41, 5.74) is 4.44. The molecule has 0 unspecified atom stereocenters. The number of hydrogen-bond acceptors (Lipinski definition) is 5. The average Bonchev–Trinajstić information content (AvgIpc) is 3.08. The zero-order valence-corrected chi connectivity index (χ0v) is 19.4. The predicted molar refractivity (Wildman–Crippen MR) is 125 cm³/mol. The van der Waals surface area contributed by atoms with Crippen LogP contribution in [0.2, 0.25) is 0 Å². The Bertz CT molecular complexity index is 975. The van der Waals surface area contributed by atoms with Crippen molar-refractivity contribution in [1.29, 1.82) is 0 Å². The number of likely N-dealkylation sites (N-methyl/N-ethyl adjacent to an activating group) is 1. The number of carbonyl (C=O) groups excluding carboxylic acids is 2. The van der Waals surface area contributed by atoms with Crippen LogP contribution >= 0.6 is 0 Å². The number of ether oxygens (including phenoxy) is 1. The number of rotatable bonds is 9. The van der Waals surface area contributed by atoms with Gasteiger partial charge in [0.05, 0.1) is 0 Å². The van der Waals surface area contributed by atoms with Gasteiger partial charge in [-0.1, -0.05) is 62.4 Å². The number of hydrogen-bond donors (Lipinski definition) is 3. The van der Waals surface area contributed by atoms with Gasteiger partial charge in [-0.2, -0.15) is 0 Å². The Morgan fingerprint density at radius 2 is 1.52 bits per heavy atom. The molecule has 2 aromatic carbocycles. The van der Waals surface area contributed by atoms with E-state index in [1.54, 1.807) is 32.8 Å². The van der Waals surface area contributed by atoms with Crippen LogP contribution in [0.1, 0.15) is 30.9 Å². The first-order valence-electron chi connectivity index (χ1n) is 11.0. The number of carbonyl (C=O) groups is 3. The van der Waals surface area contributed by atoms with E-state index in [-0.39, 0.29) is 25.0 Å². The maximum Gasteiger partial charge on any atom is 0.407 e. The van der Waals surface area contributed by atoms with Crippen LogP contribution in [0.4, 0.5) is 4.79 Å². The summed E-state index contributed by atoms with van der Waals surface area (Å²) in [6.45, 7) is 3.73. The number of carboxylic acids is 1. The highest BCUT2D eigenvalue weighted by Crippen LogP contribution is 2.44. The number of amides is 2. The van der Waals surface area contributed by atoms with E-state index in [0.29, 0.717) is 0 Å². The van der Waals surface area contributed by atoms with Crippen molar-refractivity contribution < 1.29 is 24.2 Å². The molecule has 1 aliphatic carbocycles. The Hall–Kier alpha value is -3.39. The standard InChI is InChI=1S/C25H31N3O5/c1-15(2)22(24(30)31)27-23(29)21(13-28(3)4)26-25(32)33-14-20-18-11-7-5-9-16(18)17-10-6-8-12-19(17)20/h5-12,15,20-22H,13-14H2,1-4H3,(H,26,32)(H,27,29)(H,30,31)/t21-,22-/m0/s1. The van der Waals surface area contributed by atoms with Crippen molar-refractivity contribution in [2.75, 3.05) is 27.2 Å². The normalized spacial score (nSPS) is 14.4. The highest BCUT2D eigenvalue weighted by atomic mass is 16.5. The molecular formula is C25H31N3O5. The number of benzene rings is 2. The molecule has 0 radical (unpaired) electrons. The third kappa shape index (κ3) is 5.70. The Labute approximate surface area is 193 Å². The highest BCUT2D eigenvalue weighted by Gasteiger charge is 2.31. The minimum Gasteiger partial charge on any atom is -0.480 e. The number of carboxylic acid groups (broad SMARTS) is 1. The molecule has 0 saturated heterocycles. The van der Waals surface area contributed by atoms with Crippen LogP contribution in [0.3, 0.4) is 0 Å². The molecule has 2 aromatic rings. The van der Waals surface area contributed by atoms with Gasteiger partial charge in [0.1, 0.15) is 18.7 Å². The summed E-state index contributed by atoms with van der Waals surface area (Å²) in [6, 6.07) is 14.0. The van der Waals surface area contributed by atoms with Crippen LogP contribution in [-0.4, -0.2) is 67.3 Å². The zero-order valence-electron chi connectivity index (χ0n) is 19.4. The molecule has 0 saturated carbocycles. The van der Waals surface area contributed by atoms with E-state index in [2.05, 4.69) is 22.8 Å². The minimum atomic E-state index is -1.12. The smallest absolute Gasteiger partial charge is 0.407 e. The van der Waals surface area contributed by atoms with Crippen LogP contribution in [0.5, 0.6) is 0 Å². The van der Waals surface area contributed by atoms with Gasteiger partial charge in [-0.15, -0.1) is 0 Å². The lowest BCUT2D eigenvalue weighted by Crippen LogP contribution is -2.56. The Balaban J connectivity index is 1.67. The SMILES string of the molecule is CC(C)[C@H](NC(=O)[C@H](CN(C)C)NC(=O)OCC1c2ccccc2-c2ccccc21)C(=O)O. The van der Waals surface area contributed by atoms with E-state index in [1.807, 2.05) is 36.4 Å². The zero-order chi connectivity index (χ0) is 24.1. The van der Waals surface area contributed by atoms with Crippen molar-refractivity contribution in [3.05, 3.63) is 59.7 Å². The van der Waals surface area contributed by atoms with Gasteiger partial charge < -0.3 is 25.4 Å². The molecule has 1 aliphatic rings. The van der Waals surface area contributed by atoms with Gasteiger partial charge >= 0.3 is 12.1 Å². The van der Waals surface area contributed by atoms with E-state index >= 15 is 0 Å². The summed E-state index contributed by atoms with van der Waals surface area (Å²) in [6.07, 6.45) is -0.727. The van der Waals surface area contributed by atoms with Gasteiger partial charge in [-0.25, -0.2) is 9.59 Å². The van der Waals surface area contributed by atoms with Crippen LogP contribution < -0.4 is 10.6 Å². The lowest BCUT2D eigenvalue weighted by atomic mass is 9.98. The molecule has 33 heavy (non-hydrogen) atoms. The molecule has 0 bridgehead atoms. The van der Waals surface area contributed by atoms with E-state index < -0.39 is 30.1 Å². The Kier molecular flexibility index (Phi) is 7.71. The molecule has 3 N–H and O–H groups in total. The van der Waals surface area contributed by atoms with Gasteiger partial charge in [0.15, 0.2) is 0 Å². The predicted octanol–water partition coefficient (Wildman–Crippen LogP) is 2.68.